The van der Waals surface area contributed by atoms with Gasteiger partial charge in [-0.3, -0.25) is 4.79 Å². The summed E-state index contributed by atoms with van der Waals surface area (Å²) in [5.74, 6) is 0.616. The highest BCUT2D eigenvalue weighted by Gasteiger charge is 2.24. The molecule has 0 saturated carbocycles. The van der Waals surface area contributed by atoms with Crippen LogP contribution in [0.3, 0.4) is 0 Å². The van der Waals surface area contributed by atoms with Gasteiger partial charge in [0, 0.05) is 13.1 Å². The molecule has 2 heterocycles. The maximum absolute atomic E-state index is 12.5. The van der Waals surface area contributed by atoms with Crippen molar-refractivity contribution in [3.63, 3.8) is 0 Å². The molecule has 142 valence electrons. The first kappa shape index (κ1) is 18.8. The second kappa shape index (κ2) is 7.73. The Balaban J connectivity index is 1.59. The zero-order valence-electron chi connectivity index (χ0n) is 16.2. The minimum absolute atomic E-state index is 0.0193. The highest BCUT2D eigenvalue weighted by molar-refractivity contribution is 5.87. The molecule has 0 saturated heterocycles. The highest BCUT2D eigenvalue weighted by atomic mass is 16.2. The van der Waals surface area contributed by atoms with Crippen molar-refractivity contribution in [1.82, 2.24) is 25.3 Å². The van der Waals surface area contributed by atoms with Crippen molar-refractivity contribution in [2.45, 2.75) is 38.6 Å². The van der Waals surface area contributed by atoms with E-state index in [1.807, 2.05) is 32.2 Å². The predicted octanol–water partition coefficient (Wildman–Crippen LogP) is 2.66. The SMILES string of the molecule is CC(CC(C)(C)c1ccccc1)NC(=O)CN(C)c1ncnc2nc[nH]c12. The van der Waals surface area contributed by atoms with Crippen LogP contribution in [-0.4, -0.2) is 45.5 Å². The lowest BCUT2D eigenvalue weighted by Gasteiger charge is -2.29. The normalized spacial score (nSPS) is 12.7. The minimum Gasteiger partial charge on any atom is -0.352 e. The Labute approximate surface area is 159 Å². The van der Waals surface area contributed by atoms with Gasteiger partial charge in [-0.25, -0.2) is 15.0 Å². The van der Waals surface area contributed by atoms with E-state index in [1.54, 1.807) is 11.2 Å². The van der Waals surface area contributed by atoms with E-state index in [4.69, 9.17) is 0 Å². The topological polar surface area (TPSA) is 86.8 Å². The number of carbonyl (C=O) groups excluding carboxylic acids is 1. The van der Waals surface area contributed by atoms with Gasteiger partial charge in [0.05, 0.1) is 12.9 Å². The maximum atomic E-state index is 12.5. The standard InChI is InChI=1S/C20H26N6O/c1-14(10-20(2,3)15-8-6-5-7-9-15)25-16(27)11-26(4)19-17-18(22-12-21-17)23-13-24-19/h5-9,12-14H,10-11H2,1-4H3,(H,25,27)(H,21,22,23,24). The van der Waals surface area contributed by atoms with Crippen LogP contribution in [0.4, 0.5) is 5.82 Å². The van der Waals surface area contributed by atoms with Gasteiger partial charge < -0.3 is 15.2 Å². The molecule has 1 atom stereocenters. The molecule has 2 aromatic heterocycles. The van der Waals surface area contributed by atoms with Crippen LogP contribution < -0.4 is 10.2 Å². The smallest absolute Gasteiger partial charge is 0.239 e. The van der Waals surface area contributed by atoms with Gasteiger partial charge in [0.2, 0.25) is 5.91 Å². The number of fused-ring (bicyclic) bond motifs is 1. The molecule has 3 rings (SSSR count). The van der Waals surface area contributed by atoms with Crippen LogP contribution in [0.25, 0.3) is 11.2 Å². The number of amides is 1. The summed E-state index contributed by atoms with van der Waals surface area (Å²) in [5, 5.41) is 3.10. The molecular weight excluding hydrogens is 340 g/mol. The first-order valence-corrected chi connectivity index (χ1v) is 9.07. The Bertz CT molecular complexity index is 905. The van der Waals surface area contributed by atoms with Crippen LogP contribution in [0.5, 0.6) is 0 Å². The molecule has 0 aliphatic carbocycles. The number of benzene rings is 1. The average molecular weight is 366 g/mol. The molecule has 2 N–H and O–H groups in total. The summed E-state index contributed by atoms with van der Waals surface area (Å²) < 4.78 is 0. The van der Waals surface area contributed by atoms with Gasteiger partial charge in [0.25, 0.3) is 0 Å². The van der Waals surface area contributed by atoms with Crippen LogP contribution >= 0.6 is 0 Å². The van der Waals surface area contributed by atoms with Crippen LogP contribution in [0.1, 0.15) is 32.8 Å². The van der Waals surface area contributed by atoms with Crippen molar-refractivity contribution in [3.8, 4) is 0 Å². The minimum atomic E-state index is -0.0415. The molecule has 0 radical (unpaired) electrons. The van der Waals surface area contributed by atoms with E-state index in [2.05, 4.69) is 51.2 Å². The Hall–Kier alpha value is -2.96. The van der Waals surface area contributed by atoms with Crippen LogP contribution in [0, 0.1) is 0 Å². The molecular formula is C20H26N6O. The van der Waals surface area contributed by atoms with Gasteiger partial charge in [-0.1, -0.05) is 44.2 Å². The zero-order chi connectivity index (χ0) is 19.4. The molecule has 0 aliphatic heterocycles. The van der Waals surface area contributed by atoms with Crippen LogP contribution in [-0.2, 0) is 10.2 Å². The molecule has 0 bridgehead atoms. The first-order valence-electron chi connectivity index (χ1n) is 9.07. The number of nitrogens with zero attached hydrogens (tertiary/aromatic N) is 4. The predicted molar refractivity (Wildman–Crippen MR) is 107 cm³/mol. The second-order valence-electron chi connectivity index (χ2n) is 7.58. The van der Waals surface area contributed by atoms with Gasteiger partial charge in [0.15, 0.2) is 11.5 Å². The Kier molecular flexibility index (Phi) is 5.39. The van der Waals surface area contributed by atoms with Crippen molar-refractivity contribution >= 4 is 22.9 Å². The maximum Gasteiger partial charge on any atom is 0.239 e. The van der Waals surface area contributed by atoms with E-state index in [0.717, 1.165) is 11.9 Å². The number of hydrogen-bond acceptors (Lipinski definition) is 5. The molecule has 27 heavy (non-hydrogen) atoms. The lowest BCUT2D eigenvalue weighted by molar-refractivity contribution is -0.120. The fraction of sp³-hybridized carbons (Fsp3) is 0.400. The first-order chi connectivity index (χ1) is 12.9. The highest BCUT2D eigenvalue weighted by Crippen LogP contribution is 2.28. The largest absolute Gasteiger partial charge is 0.352 e. The fourth-order valence-corrected chi connectivity index (χ4v) is 3.48. The van der Waals surface area contributed by atoms with Gasteiger partial charge >= 0.3 is 0 Å². The van der Waals surface area contributed by atoms with Crippen molar-refractivity contribution in [3.05, 3.63) is 48.5 Å². The van der Waals surface area contributed by atoms with E-state index in [0.29, 0.717) is 11.5 Å². The summed E-state index contributed by atoms with van der Waals surface area (Å²) in [7, 11) is 1.83. The van der Waals surface area contributed by atoms with Crippen LogP contribution in [0.2, 0.25) is 0 Å². The van der Waals surface area contributed by atoms with Crippen LogP contribution in [0.15, 0.2) is 43.0 Å². The summed E-state index contributed by atoms with van der Waals surface area (Å²) in [6, 6.07) is 10.4. The monoisotopic (exact) mass is 366 g/mol. The van der Waals surface area contributed by atoms with Gasteiger partial charge in [-0.2, -0.15) is 0 Å². The lowest BCUT2D eigenvalue weighted by atomic mass is 9.79. The number of aromatic amines is 1. The second-order valence-corrected chi connectivity index (χ2v) is 7.58. The Morgan fingerprint density at radius 2 is 1.96 bits per heavy atom. The molecule has 1 unspecified atom stereocenters. The zero-order valence-corrected chi connectivity index (χ0v) is 16.2. The summed E-state index contributed by atoms with van der Waals surface area (Å²) in [6.45, 7) is 6.65. The Morgan fingerprint density at radius 3 is 2.70 bits per heavy atom. The lowest BCUT2D eigenvalue weighted by Crippen LogP contribution is -2.42. The number of imidazole rings is 1. The number of carbonyl (C=O) groups is 1. The van der Waals surface area contributed by atoms with Gasteiger partial charge in [-0.05, 0) is 24.3 Å². The molecule has 0 aliphatic rings. The van der Waals surface area contributed by atoms with E-state index in [-0.39, 0.29) is 23.9 Å². The molecule has 1 amide bonds. The third kappa shape index (κ3) is 4.42. The number of likely N-dealkylation sites (N-methyl/N-ethyl adjacent to an activating group) is 1. The molecule has 3 aromatic rings. The molecule has 7 nitrogen and oxygen atoms in total. The molecule has 1 aromatic carbocycles. The third-order valence-electron chi connectivity index (χ3n) is 4.72. The molecule has 0 fully saturated rings. The summed E-state index contributed by atoms with van der Waals surface area (Å²) in [6.07, 6.45) is 3.88. The number of hydrogen-bond donors (Lipinski definition) is 2. The van der Waals surface area contributed by atoms with Crippen molar-refractivity contribution in [1.29, 1.82) is 0 Å². The molecule has 0 spiro atoms. The number of nitrogens with one attached hydrogen (secondary N) is 2. The van der Waals surface area contributed by atoms with Gasteiger partial charge in [0.1, 0.15) is 11.8 Å². The van der Waals surface area contributed by atoms with E-state index >= 15 is 0 Å². The van der Waals surface area contributed by atoms with E-state index in [9.17, 15) is 4.79 Å². The molecule has 7 heteroatoms. The summed E-state index contributed by atoms with van der Waals surface area (Å²) >= 11 is 0. The Morgan fingerprint density at radius 1 is 1.22 bits per heavy atom. The average Bonchev–Trinajstić information content (AvgIpc) is 3.10. The van der Waals surface area contributed by atoms with Crippen molar-refractivity contribution in [2.75, 3.05) is 18.5 Å². The van der Waals surface area contributed by atoms with Crippen molar-refractivity contribution < 1.29 is 4.79 Å². The number of anilines is 1. The van der Waals surface area contributed by atoms with E-state index in [1.165, 1.54) is 11.9 Å². The quantitative estimate of drug-likeness (QED) is 0.671. The van der Waals surface area contributed by atoms with E-state index < -0.39 is 0 Å². The number of rotatable bonds is 7. The third-order valence-corrected chi connectivity index (χ3v) is 4.72. The number of aromatic nitrogens is 4. The summed E-state index contributed by atoms with van der Waals surface area (Å²) in [5.41, 5.74) is 2.57. The van der Waals surface area contributed by atoms with Gasteiger partial charge in [-0.15, -0.1) is 0 Å². The van der Waals surface area contributed by atoms with Crippen molar-refractivity contribution in [2.24, 2.45) is 0 Å². The fourth-order valence-electron chi connectivity index (χ4n) is 3.48. The number of H-pyrrole nitrogens is 1. The summed E-state index contributed by atoms with van der Waals surface area (Å²) in [4.78, 5) is 29.8.